The van der Waals surface area contributed by atoms with Crippen LogP contribution in [-0.4, -0.2) is 29.6 Å². The summed E-state index contributed by atoms with van der Waals surface area (Å²) in [5.74, 6) is -1.81. The van der Waals surface area contributed by atoms with Crippen molar-refractivity contribution in [1.29, 1.82) is 0 Å². The van der Waals surface area contributed by atoms with Crippen molar-refractivity contribution in [1.82, 2.24) is 0 Å². The molecule has 1 aliphatic heterocycles. The molecule has 0 radical (unpaired) electrons. The van der Waals surface area contributed by atoms with Gasteiger partial charge in [0.1, 0.15) is 6.10 Å². The van der Waals surface area contributed by atoms with E-state index in [9.17, 15) is 14.7 Å². The molecule has 1 aliphatic rings. The summed E-state index contributed by atoms with van der Waals surface area (Å²) in [5.41, 5.74) is 6.98. The second-order valence-corrected chi connectivity index (χ2v) is 4.92. The standard InChI is InChI=1S/C14H18N2O3/c1-9-4-6-10(7-5-9)16-8-2-3-11(14(16)19)12(17)13(15)18/h4-7,11-12,17H,2-3,8H2,1H3,(H2,15,18). The number of rotatable bonds is 3. The molecule has 1 fully saturated rings. The Bertz CT molecular complexity index is 484. The van der Waals surface area contributed by atoms with E-state index < -0.39 is 17.9 Å². The van der Waals surface area contributed by atoms with E-state index in [1.165, 1.54) is 0 Å². The molecule has 2 atom stereocenters. The summed E-state index contributed by atoms with van der Waals surface area (Å²) in [4.78, 5) is 25.0. The highest BCUT2D eigenvalue weighted by atomic mass is 16.3. The van der Waals surface area contributed by atoms with E-state index in [4.69, 9.17) is 5.73 Å². The predicted molar refractivity (Wildman–Crippen MR) is 71.5 cm³/mol. The number of hydrogen-bond acceptors (Lipinski definition) is 3. The average molecular weight is 262 g/mol. The molecule has 5 nitrogen and oxygen atoms in total. The first-order valence-corrected chi connectivity index (χ1v) is 6.36. The van der Waals surface area contributed by atoms with Gasteiger partial charge < -0.3 is 15.7 Å². The fraction of sp³-hybridized carbons (Fsp3) is 0.429. The molecule has 2 amide bonds. The normalized spacial score (nSPS) is 21.3. The molecule has 0 aromatic heterocycles. The monoisotopic (exact) mass is 262 g/mol. The van der Waals surface area contributed by atoms with Crippen LogP contribution >= 0.6 is 0 Å². The van der Waals surface area contributed by atoms with E-state index in [1.54, 1.807) is 4.90 Å². The smallest absolute Gasteiger partial charge is 0.247 e. The lowest BCUT2D eigenvalue weighted by molar-refractivity contribution is -0.137. The van der Waals surface area contributed by atoms with Gasteiger partial charge in [0.05, 0.1) is 5.92 Å². The highest BCUT2D eigenvalue weighted by Crippen LogP contribution is 2.26. The average Bonchev–Trinajstić information content (AvgIpc) is 2.39. The lowest BCUT2D eigenvalue weighted by Crippen LogP contribution is -2.49. The molecule has 1 heterocycles. The van der Waals surface area contributed by atoms with Crippen LogP contribution in [0.25, 0.3) is 0 Å². The number of anilines is 1. The number of hydrogen-bond donors (Lipinski definition) is 2. The van der Waals surface area contributed by atoms with Gasteiger partial charge in [-0.25, -0.2) is 0 Å². The number of nitrogens with zero attached hydrogens (tertiary/aromatic N) is 1. The van der Waals surface area contributed by atoms with Crippen LogP contribution in [0.2, 0.25) is 0 Å². The van der Waals surface area contributed by atoms with Gasteiger partial charge in [-0.05, 0) is 31.9 Å². The molecule has 0 aliphatic carbocycles. The molecule has 2 unspecified atom stereocenters. The lowest BCUT2D eigenvalue weighted by Gasteiger charge is -2.33. The first-order valence-electron chi connectivity index (χ1n) is 6.36. The summed E-state index contributed by atoms with van der Waals surface area (Å²) in [7, 11) is 0. The van der Waals surface area contributed by atoms with Gasteiger partial charge in [-0.15, -0.1) is 0 Å². The first-order chi connectivity index (χ1) is 9.00. The van der Waals surface area contributed by atoms with E-state index in [1.807, 2.05) is 31.2 Å². The predicted octanol–water partition coefficient (Wildman–Crippen LogP) is 0.584. The van der Waals surface area contributed by atoms with Crippen LogP contribution in [-0.2, 0) is 9.59 Å². The van der Waals surface area contributed by atoms with Gasteiger partial charge in [0.2, 0.25) is 11.8 Å². The Balaban J connectivity index is 2.20. The third-order valence-electron chi connectivity index (χ3n) is 3.50. The highest BCUT2D eigenvalue weighted by Gasteiger charge is 2.36. The minimum atomic E-state index is -1.40. The summed E-state index contributed by atoms with van der Waals surface area (Å²) in [6.07, 6.45) is -0.166. The summed E-state index contributed by atoms with van der Waals surface area (Å²) < 4.78 is 0. The molecule has 0 bridgehead atoms. The number of benzene rings is 1. The quantitative estimate of drug-likeness (QED) is 0.836. The Hall–Kier alpha value is -1.88. The Morgan fingerprint density at radius 2 is 2.05 bits per heavy atom. The van der Waals surface area contributed by atoms with Crippen LogP contribution in [0.15, 0.2) is 24.3 Å². The number of carbonyl (C=O) groups is 2. The Morgan fingerprint density at radius 1 is 1.42 bits per heavy atom. The SMILES string of the molecule is Cc1ccc(N2CCCC(C(O)C(N)=O)C2=O)cc1. The molecule has 0 spiro atoms. The molecule has 3 N–H and O–H groups in total. The second kappa shape index (κ2) is 5.40. The molecule has 0 saturated carbocycles. The number of nitrogens with two attached hydrogens (primary N) is 1. The van der Waals surface area contributed by atoms with Crippen molar-refractivity contribution in [3.8, 4) is 0 Å². The van der Waals surface area contributed by atoms with Crippen molar-refractivity contribution < 1.29 is 14.7 Å². The minimum Gasteiger partial charge on any atom is -0.382 e. The van der Waals surface area contributed by atoms with Crippen molar-refractivity contribution in [2.45, 2.75) is 25.9 Å². The van der Waals surface area contributed by atoms with Crippen LogP contribution in [0.4, 0.5) is 5.69 Å². The number of aryl methyl sites for hydroxylation is 1. The summed E-state index contributed by atoms with van der Waals surface area (Å²) in [5, 5.41) is 9.71. The number of aliphatic hydroxyl groups is 1. The molecule has 19 heavy (non-hydrogen) atoms. The molecule has 5 heteroatoms. The van der Waals surface area contributed by atoms with Crippen molar-refractivity contribution in [3.05, 3.63) is 29.8 Å². The summed E-state index contributed by atoms with van der Waals surface area (Å²) >= 11 is 0. The molecular weight excluding hydrogens is 244 g/mol. The second-order valence-electron chi connectivity index (χ2n) is 4.92. The molecular formula is C14H18N2O3. The van der Waals surface area contributed by atoms with E-state index in [-0.39, 0.29) is 5.91 Å². The van der Waals surface area contributed by atoms with Crippen molar-refractivity contribution >= 4 is 17.5 Å². The summed E-state index contributed by atoms with van der Waals surface area (Å²) in [6.45, 7) is 2.57. The van der Waals surface area contributed by atoms with Crippen molar-refractivity contribution in [2.75, 3.05) is 11.4 Å². The van der Waals surface area contributed by atoms with Gasteiger partial charge in [0.15, 0.2) is 0 Å². The zero-order valence-corrected chi connectivity index (χ0v) is 10.9. The van der Waals surface area contributed by atoms with Crippen LogP contribution in [0.5, 0.6) is 0 Å². The number of carbonyl (C=O) groups excluding carboxylic acids is 2. The van der Waals surface area contributed by atoms with E-state index in [0.717, 1.165) is 17.7 Å². The van der Waals surface area contributed by atoms with Gasteiger partial charge in [-0.2, -0.15) is 0 Å². The van der Waals surface area contributed by atoms with Crippen LogP contribution in [0.3, 0.4) is 0 Å². The molecule has 1 aromatic carbocycles. The van der Waals surface area contributed by atoms with Gasteiger partial charge in [0.25, 0.3) is 0 Å². The molecule has 1 aromatic rings. The van der Waals surface area contributed by atoms with Gasteiger partial charge in [-0.1, -0.05) is 17.7 Å². The van der Waals surface area contributed by atoms with Gasteiger partial charge in [0, 0.05) is 12.2 Å². The number of aliphatic hydroxyl groups excluding tert-OH is 1. The van der Waals surface area contributed by atoms with Crippen LogP contribution in [0.1, 0.15) is 18.4 Å². The molecule has 1 saturated heterocycles. The third-order valence-corrected chi connectivity index (χ3v) is 3.50. The third kappa shape index (κ3) is 2.76. The minimum absolute atomic E-state index is 0.235. The largest absolute Gasteiger partial charge is 0.382 e. The van der Waals surface area contributed by atoms with E-state index in [2.05, 4.69) is 0 Å². The van der Waals surface area contributed by atoms with E-state index >= 15 is 0 Å². The highest BCUT2D eigenvalue weighted by molar-refractivity contribution is 5.99. The number of primary amides is 1. The number of amides is 2. The van der Waals surface area contributed by atoms with E-state index in [0.29, 0.717) is 13.0 Å². The van der Waals surface area contributed by atoms with Crippen molar-refractivity contribution in [2.24, 2.45) is 11.7 Å². The maximum absolute atomic E-state index is 12.3. The maximum Gasteiger partial charge on any atom is 0.247 e. The first kappa shape index (κ1) is 13.5. The Morgan fingerprint density at radius 3 is 2.63 bits per heavy atom. The van der Waals surface area contributed by atoms with Gasteiger partial charge in [-0.3, -0.25) is 9.59 Å². The number of piperidine rings is 1. The Labute approximate surface area is 112 Å². The topological polar surface area (TPSA) is 83.6 Å². The van der Waals surface area contributed by atoms with Crippen LogP contribution in [0, 0.1) is 12.8 Å². The zero-order chi connectivity index (χ0) is 14.0. The Kier molecular flexibility index (Phi) is 3.85. The molecule has 102 valence electrons. The van der Waals surface area contributed by atoms with Crippen LogP contribution < -0.4 is 10.6 Å². The fourth-order valence-electron chi connectivity index (χ4n) is 2.38. The summed E-state index contributed by atoms with van der Waals surface area (Å²) in [6, 6.07) is 7.59. The maximum atomic E-state index is 12.3. The van der Waals surface area contributed by atoms with Crippen molar-refractivity contribution in [3.63, 3.8) is 0 Å². The molecule has 2 rings (SSSR count). The van der Waals surface area contributed by atoms with Gasteiger partial charge >= 0.3 is 0 Å². The fourth-order valence-corrected chi connectivity index (χ4v) is 2.38. The lowest BCUT2D eigenvalue weighted by atomic mass is 9.91. The zero-order valence-electron chi connectivity index (χ0n) is 10.9.